The summed E-state index contributed by atoms with van der Waals surface area (Å²) in [6.45, 7) is 0.289. The lowest BCUT2D eigenvalue weighted by Gasteiger charge is -2.41. The Morgan fingerprint density at radius 3 is 2.50 bits per heavy atom. The van der Waals surface area contributed by atoms with Gasteiger partial charge in [0.05, 0.1) is 16.4 Å². The van der Waals surface area contributed by atoms with Gasteiger partial charge in [-0.05, 0) is 12.5 Å². The highest BCUT2D eigenvalue weighted by molar-refractivity contribution is 8.21. The number of ether oxygens (including phenoxy) is 4. The van der Waals surface area contributed by atoms with Gasteiger partial charge in [-0.3, -0.25) is 4.79 Å². The number of rotatable bonds is 4. The van der Waals surface area contributed by atoms with Gasteiger partial charge in [-0.15, -0.1) is 23.5 Å². The van der Waals surface area contributed by atoms with E-state index in [0.29, 0.717) is 5.57 Å². The molecule has 3 rings (SSSR count). The zero-order valence-electron chi connectivity index (χ0n) is 13.8. The molecule has 4 atom stereocenters. The molecule has 1 aromatic rings. The zero-order valence-corrected chi connectivity index (χ0v) is 15.4. The second-order valence-electron chi connectivity index (χ2n) is 5.35. The Kier molecular flexibility index (Phi) is 6.02. The number of methoxy groups -OCH3 is 1. The molecule has 24 heavy (non-hydrogen) atoms. The molecule has 0 amide bonds. The SMILES string of the molecule is CO[C@H]1O[C@@H]2CO[C@@H](c3ccccc3)O[C@H]2C(=O)C1=C(SC)SC. The molecule has 7 heteroatoms. The van der Waals surface area contributed by atoms with Crippen LogP contribution in [0.15, 0.2) is 40.1 Å². The zero-order chi connectivity index (χ0) is 17.1. The van der Waals surface area contributed by atoms with Crippen LogP contribution in [-0.2, 0) is 23.7 Å². The van der Waals surface area contributed by atoms with Crippen molar-refractivity contribution in [3.05, 3.63) is 45.7 Å². The number of thioether (sulfide) groups is 2. The van der Waals surface area contributed by atoms with Crippen LogP contribution < -0.4 is 0 Å². The molecular weight excluding hydrogens is 348 g/mol. The lowest BCUT2D eigenvalue weighted by Crippen LogP contribution is -2.54. The maximum absolute atomic E-state index is 13.0. The highest BCUT2D eigenvalue weighted by Gasteiger charge is 2.47. The van der Waals surface area contributed by atoms with Crippen LogP contribution in [0.25, 0.3) is 0 Å². The van der Waals surface area contributed by atoms with E-state index in [1.807, 2.05) is 42.8 Å². The van der Waals surface area contributed by atoms with Crippen molar-refractivity contribution in [2.75, 3.05) is 26.2 Å². The maximum atomic E-state index is 13.0. The molecule has 2 aliphatic rings. The van der Waals surface area contributed by atoms with Gasteiger partial charge in [-0.25, -0.2) is 0 Å². The third-order valence-corrected chi connectivity index (χ3v) is 6.14. The molecule has 2 heterocycles. The molecule has 0 bridgehead atoms. The topological polar surface area (TPSA) is 54.0 Å². The monoisotopic (exact) mass is 368 g/mol. The van der Waals surface area contributed by atoms with E-state index in [1.165, 1.54) is 30.6 Å². The van der Waals surface area contributed by atoms with E-state index in [1.54, 1.807) is 0 Å². The first kappa shape index (κ1) is 18.0. The Labute approximate surface area is 150 Å². The van der Waals surface area contributed by atoms with E-state index in [2.05, 4.69) is 0 Å². The number of carbonyl (C=O) groups is 1. The van der Waals surface area contributed by atoms with Crippen molar-refractivity contribution in [2.24, 2.45) is 0 Å². The van der Waals surface area contributed by atoms with E-state index in [4.69, 9.17) is 18.9 Å². The number of hydrogen-bond acceptors (Lipinski definition) is 7. The minimum atomic E-state index is -0.686. The highest BCUT2D eigenvalue weighted by Crippen LogP contribution is 2.39. The fraction of sp³-hybridized carbons (Fsp3) is 0.471. The Balaban J connectivity index is 1.87. The first-order valence-electron chi connectivity index (χ1n) is 7.56. The Morgan fingerprint density at radius 1 is 1.17 bits per heavy atom. The van der Waals surface area contributed by atoms with Gasteiger partial charge in [0.2, 0.25) is 0 Å². The van der Waals surface area contributed by atoms with Crippen molar-refractivity contribution >= 4 is 29.3 Å². The first-order chi connectivity index (χ1) is 11.7. The minimum Gasteiger partial charge on any atom is -0.351 e. The van der Waals surface area contributed by atoms with Gasteiger partial charge in [0.15, 0.2) is 24.5 Å². The summed E-state index contributed by atoms with van der Waals surface area (Å²) in [7, 11) is 1.54. The average molecular weight is 368 g/mol. The molecule has 2 aliphatic heterocycles. The third-order valence-electron chi connectivity index (χ3n) is 3.95. The maximum Gasteiger partial charge on any atom is 0.197 e. The number of benzene rings is 1. The molecule has 0 aliphatic carbocycles. The Bertz CT molecular complexity index is 613. The molecule has 0 N–H and O–H groups in total. The van der Waals surface area contributed by atoms with Crippen molar-refractivity contribution in [1.82, 2.24) is 0 Å². The number of Topliss-reactive ketones (excluding diaryl/α,β-unsaturated/α-hetero) is 1. The minimum absolute atomic E-state index is 0.0824. The summed E-state index contributed by atoms with van der Waals surface area (Å²) in [5.41, 5.74) is 1.42. The van der Waals surface area contributed by atoms with E-state index < -0.39 is 24.8 Å². The molecule has 0 unspecified atom stereocenters. The van der Waals surface area contributed by atoms with E-state index in [0.717, 1.165) is 9.80 Å². The van der Waals surface area contributed by atoms with Crippen LogP contribution in [0, 0.1) is 0 Å². The molecular formula is C17H20O5S2. The third kappa shape index (κ3) is 3.42. The predicted molar refractivity (Wildman–Crippen MR) is 94.7 cm³/mol. The molecule has 2 fully saturated rings. The molecule has 2 saturated heterocycles. The largest absolute Gasteiger partial charge is 0.351 e. The standard InChI is InChI=1S/C17H20O5S2/c1-19-16-12(17(23-2)24-3)13(18)14-11(21-16)9-20-15(22-14)10-7-5-4-6-8-10/h4-8,11,14-16H,9H2,1-3H3/t11-,14-,15-,16+/m1/s1. The van der Waals surface area contributed by atoms with Crippen molar-refractivity contribution in [3.63, 3.8) is 0 Å². The van der Waals surface area contributed by atoms with Crippen LogP contribution in [-0.4, -0.2) is 50.5 Å². The molecule has 0 aromatic heterocycles. The summed E-state index contributed by atoms with van der Waals surface area (Å²) < 4.78 is 23.9. The number of fused-ring (bicyclic) bond motifs is 1. The van der Waals surface area contributed by atoms with E-state index in [-0.39, 0.29) is 12.4 Å². The van der Waals surface area contributed by atoms with Crippen LogP contribution in [0.5, 0.6) is 0 Å². The fourth-order valence-corrected chi connectivity index (χ4v) is 4.33. The predicted octanol–water partition coefficient (Wildman–Crippen LogP) is 2.98. The Hall–Kier alpha value is -0.830. The van der Waals surface area contributed by atoms with Gasteiger partial charge in [0.1, 0.15) is 6.10 Å². The van der Waals surface area contributed by atoms with E-state index >= 15 is 0 Å². The summed E-state index contributed by atoms with van der Waals surface area (Å²) >= 11 is 3.02. The Morgan fingerprint density at radius 2 is 1.88 bits per heavy atom. The normalized spacial score (nSPS) is 30.1. The van der Waals surface area contributed by atoms with Crippen LogP contribution in [0.2, 0.25) is 0 Å². The smallest absolute Gasteiger partial charge is 0.197 e. The second-order valence-corrected chi connectivity index (χ2v) is 7.24. The van der Waals surface area contributed by atoms with Gasteiger partial charge in [-0.1, -0.05) is 30.3 Å². The summed E-state index contributed by atoms with van der Waals surface area (Å²) in [6, 6.07) is 9.60. The first-order valence-corrected chi connectivity index (χ1v) is 10.0. The molecule has 1 aromatic carbocycles. The average Bonchev–Trinajstić information content (AvgIpc) is 2.64. The number of ketones is 1. The quantitative estimate of drug-likeness (QED) is 0.757. The molecule has 0 saturated carbocycles. The van der Waals surface area contributed by atoms with Crippen LogP contribution in [0.3, 0.4) is 0 Å². The van der Waals surface area contributed by atoms with Crippen molar-refractivity contribution < 1.29 is 23.7 Å². The fourth-order valence-electron chi connectivity index (χ4n) is 2.83. The summed E-state index contributed by atoms with van der Waals surface area (Å²) in [4.78, 5) is 13.0. The second kappa shape index (κ2) is 8.03. The summed E-state index contributed by atoms with van der Waals surface area (Å²) in [5.74, 6) is -0.0824. The van der Waals surface area contributed by atoms with Crippen LogP contribution in [0.1, 0.15) is 11.9 Å². The number of hydrogen-bond donors (Lipinski definition) is 0. The molecule has 130 valence electrons. The van der Waals surface area contributed by atoms with Crippen molar-refractivity contribution in [2.45, 2.75) is 24.8 Å². The van der Waals surface area contributed by atoms with Crippen LogP contribution in [0.4, 0.5) is 0 Å². The summed E-state index contributed by atoms with van der Waals surface area (Å²) in [6.07, 6.45) is 1.47. The van der Waals surface area contributed by atoms with Gasteiger partial charge in [-0.2, -0.15) is 0 Å². The van der Waals surface area contributed by atoms with Gasteiger partial charge < -0.3 is 18.9 Å². The van der Waals surface area contributed by atoms with Gasteiger partial charge in [0, 0.05) is 12.7 Å². The lowest BCUT2D eigenvalue weighted by atomic mass is 9.98. The van der Waals surface area contributed by atoms with Crippen LogP contribution >= 0.6 is 23.5 Å². The molecule has 0 radical (unpaired) electrons. The lowest BCUT2D eigenvalue weighted by molar-refractivity contribution is -0.288. The summed E-state index contributed by atoms with van der Waals surface area (Å²) in [5, 5.41) is 0. The number of carbonyl (C=O) groups excluding carboxylic acids is 1. The van der Waals surface area contributed by atoms with Crippen molar-refractivity contribution in [3.8, 4) is 0 Å². The van der Waals surface area contributed by atoms with Gasteiger partial charge >= 0.3 is 0 Å². The highest BCUT2D eigenvalue weighted by atomic mass is 32.2. The molecule has 0 spiro atoms. The van der Waals surface area contributed by atoms with E-state index in [9.17, 15) is 4.79 Å². The van der Waals surface area contributed by atoms with Crippen molar-refractivity contribution in [1.29, 1.82) is 0 Å². The molecule has 5 nitrogen and oxygen atoms in total. The van der Waals surface area contributed by atoms with Gasteiger partial charge in [0.25, 0.3) is 0 Å².